The highest BCUT2D eigenvalue weighted by Crippen LogP contribution is 2.33. The lowest BCUT2D eigenvalue weighted by Crippen LogP contribution is -2.45. The number of methoxy groups -OCH3 is 2. The number of Topliss-reactive ketones (excluding diaryl/α,β-unsaturated/α-hetero) is 2. The molecule has 2 aromatic carbocycles. The number of carbonyl (C=O) groups is 2. The van der Waals surface area contributed by atoms with Crippen LogP contribution in [0.3, 0.4) is 0 Å². The molecule has 0 radical (unpaired) electrons. The number of carbonyl (C=O) groups excluding carboxylic acids is 2. The fourth-order valence-corrected chi connectivity index (χ4v) is 5.60. The van der Waals surface area contributed by atoms with Gasteiger partial charge in [0.2, 0.25) is 0 Å². The monoisotopic (exact) mass is 486 g/mol. The second kappa shape index (κ2) is 10.6. The Labute approximate surface area is 213 Å². The molecule has 6 fully saturated rings. The summed E-state index contributed by atoms with van der Waals surface area (Å²) in [6.45, 7) is 4.08. The van der Waals surface area contributed by atoms with Crippen LogP contribution in [0.5, 0.6) is 11.5 Å². The molecule has 6 heteroatoms. The molecule has 6 saturated heterocycles. The molecule has 36 heavy (non-hydrogen) atoms. The van der Waals surface area contributed by atoms with Crippen LogP contribution in [0.1, 0.15) is 36.8 Å². The lowest BCUT2D eigenvalue weighted by molar-refractivity contribution is -0.126. The number of hydrogen-bond acceptors (Lipinski definition) is 6. The van der Waals surface area contributed by atoms with E-state index in [1.165, 1.54) is 0 Å². The maximum atomic E-state index is 12.2. The summed E-state index contributed by atoms with van der Waals surface area (Å²) in [7, 11) is 3.31. The number of rotatable bonds is 4. The van der Waals surface area contributed by atoms with Crippen LogP contribution in [0.4, 0.5) is 0 Å². The van der Waals surface area contributed by atoms with Gasteiger partial charge in [0.05, 0.1) is 25.6 Å². The fourth-order valence-electron chi connectivity index (χ4n) is 5.60. The molecule has 0 N–H and O–H groups in total. The highest BCUT2D eigenvalue weighted by Gasteiger charge is 2.37. The number of ketones is 2. The van der Waals surface area contributed by atoms with E-state index in [2.05, 4.69) is 9.80 Å². The van der Waals surface area contributed by atoms with E-state index in [1.807, 2.05) is 60.7 Å². The van der Waals surface area contributed by atoms with Gasteiger partial charge in [-0.25, -0.2) is 0 Å². The van der Waals surface area contributed by atoms with E-state index >= 15 is 0 Å². The van der Waals surface area contributed by atoms with E-state index < -0.39 is 0 Å². The van der Waals surface area contributed by atoms with Crippen molar-refractivity contribution in [2.75, 3.05) is 40.4 Å². The first-order valence-corrected chi connectivity index (χ1v) is 12.9. The first-order chi connectivity index (χ1) is 17.6. The van der Waals surface area contributed by atoms with Crippen molar-refractivity contribution in [3.8, 4) is 11.5 Å². The zero-order chi connectivity index (χ0) is 25.1. The molecular weight excluding hydrogens is 452 g/mol. The van der Waals surface area contributed by atoms with E-state index in [-0.39, 0.29) is 11.8 Å². The van der Waals surface area contributed by atoms with E-state index in [0.717, 1.165) is 85.9 Å². The van der Waals surface area contributed by atoms with Crippen LogP contribution in [-0.2, 0) is 9.59 Å². The highest BCUT2D eigenvalue weighted by molar-refractivity contribution is 6.02. The molecule has 4 bridgehead atoms. The van der Waals surface area contributed by atoms with Crippen molar-refractivity contribution in [3.05, 3.63) is 71.1 Å². The van der Waals surface area contributed by atoms with E-state index in [9.17, 15) is 9.59 Å². The number of nitrogens with zero attached hydrogens (tertiary/aromatic N) is 2. The molecule has 6 aliphatic rings. The van der Waals surface area contributed by atoms with Gasteiger partial charge in [0.1, 0.15) is 11.5 Å². The molecule has 2 aromatic rings. The van der Waals surface area contributed by atoms with Crippen LogP contribution in [0, 0.1) is 11.8 Å². The molecule has 6 heterocycles. The Kier molecular flexibility index (Phi) is 7.12. The van der Waals surface area contributed by atoms with E-state index in [1.54, 1.807) is 14.2 Å². The minimum atomic E-state index is 0.256. The first-order valence-electron chi connectivity index (χ1n) is 12.9. The molecular formula is C30H34N2O4. The third-order valence-electron chi connectivity index (χ3n) is 7.71. The summed E-state index contributed by atoms with van der Waals surface area (Å²) < 4.78 is 10.4. The quantitative estimate of drug-likeness (QED) is 0.586. The van der Waals surface area contributed by atoms with Gasteiger partial charge in [0.15, 0.2) is 11.6 Å². The molecule has 0 aliphatic carbocycles. The number of fused-ring (bicyclic) bond motifs is 6. The molecule has 8 rings (SSSR count). The van der Waals surface area contributed by atoms with Gasteiger partial charge >= 0.3 is 0 Å². The number of allylic oxidation sites excluding steroid dienone is 2. The van der Waals surface area contributed by atoms with Gasteiger partial charge in [-0.15, -0.1) is 0 Å². The second-order valence-electron chi connectivity index (χ2n) is 9.86. The minimum Gasteiger partial charge on any atom is -0.497 e. The molecule has 0 saturated carbocycles. The molecule has 0 spiro atoms. The predicted octanol–water partition coefficient (Wildman–Crippen LogP) is 4.66. The van der Waals surface area contributed by atoms with Gasteiger partial charge in [-0.1, -0.05) is 24.3 Å². The van der Waals surface area contributed by atoms with Crippen LogP contribution < -0.4 is 9.47 Å². The van der Waals surface area contributed by atoms with Crippen molar-refractivity contribution in [1.82, 2.24) is 9.80 Å². The maximum Gasteiger partial charge on any atom is 0.182 e. The molecule has 188 valence electrons. The van der Waals surface area contributed by atoms with Crippen LogP contribution in [-0.4, -0.2) is 61.8 Å². The Morgan fingerprint density at radius 3 is 1.39 bits per heavy atom. The summed E-state index contributed by atoms with van der Waals surface area (Å²) in [5, 5.41) is 0. The summed E-state index contributed by atoms with van der Waals surface area (Å²) in [4.78, 5) is 28.8. The lowest BCUT2D eigenvalue weighted by atomic mass is 9.84. The van der Waals surface area contributed by atoms with Crippen LogP contribution >= 0.6 is 0 Å². The highest BCUT2D eigenvalue weighted by atomic mass is 16.5. The summed E-state index contributed by atoms with van der Waals surface area (Å²) in [5.41, 5.74) is 3.83. The number of hydrogen-bond donors (Lipinski definition) is 0. The summed E-state index contributed by atoms with van der Waals surface area (Å²) in [6.07, 6.45) is 8.08. The van der Waals surface area contributed by atoms with E-state index in [0.29, 0.717) is 11.6 Å². The van der Waals surface area contributed by atoms with Crippen molar-refractivity contribution >= 4 is 23.7 Å². The van der Waals surface area contributed by atoms with Crippen molar-refractivity contribution in [3.63, 3.8) is 0 Å². The van der Waals surface area contributed by atoms with Crippen molar-refractivity contribution in [1.29, 1.82) is 0 Å². The Hall–Kier alpha value is -3.54. The average molecular weight is 487 g/mol. The topological polar surface area (TPSA) is 59.1 Å². The number of benzene rings is 2. The smallest absolute Gasteiger partial charge is 0.182 e. The standard InChI is InChI=1S/2C15H17NO2/c2*1-18-13-4-2-3-11(9-13)10-14-15(17)12-5-7-16(14)8-6-12/h2*2-4,9-10,12H,5-8H2,1H3/b2*14-10-. The van der Waals surface area contributed by atoms with Gasteiger partial charge in [0.25, 0.3) is 0 Å². The van der Waals surface area contributed by atoms with Crippen molar-refractivity contribution < 1.29 is 19.1 Å². The molecule has 0 unspecified atom stereocenters. The van der Waals surface area contributed by atoms with Gasteiger partial charge < -0.3 is 19.3 Å². The van der Waals surface area contributed by atoms with Gasteiger partial charge in [-0.3, -0.25) is 9.59 Å². The second-order valence-corrected chi connectivity index (χ2v) is 9.86. The van der Waals surface area contributed by atoms with Gasteiger partial charge in [-0.05, 0) is 73.2 Å². The molecule has 6 nitrogen and oxygen atoms in total. The lowest BCUT2D eigenvalue weighted by Gasteiger charge is -2.41. The molecule has 0 amide bonds. The maximum absolute atomic E-state index is 12.2. The summed E-state index contributed by atoms with van der Waals surface area (Å²) in [5.74, 6) is 2.80. The SMILES string of the molecule is COc1cccc(/C=C2/C(=O)C3CCN2CC3)c1.COc1cccc(/C=C2/C(=O)C3CCN2CC3)c1. The third-order valence-corrected chi connectivity index (χ3v) is 7.71. The van der Waals surface area contributed by atoms with Crippen LogP contribution in [0.15, 0.2) is 59.9 Å². The third kappa shape index (κ3) is 5.03. The van der Waals surface area contributed by atoms with Gasteiger partial charge in [0, 0.05) is 38.0 Å². The zero-order valence-corrected chi connectivity index (χ0v) is 21.1. The Morgan fingerprint density at radius 2 is 1.06 bits per heavy atom. The Bertz CT molecular complexity index is 1090. The Morgan fingerprint density at radius 1 is 0.667 bits per heavy atom. The van der Waals surface area contributed by atoms with E-state index in [4.69, 9.17) is 9.47 Å². The zero-order valence-electron chi connectivity index (χ0n) is 21.1. The fraction of sp³-hybridized carbons (Fsp3) is 0.400. The normalized spacial score (nSPS) is 21.7. The molecule has 0 aromatic heterocycles. The minimum absolute atomic E-state index is 0.256. The van der Waals surface area contributed by atoms with Crippen LogP contribution in [0.2, 0.25) is 0 Å². The van der Waals surface area contributed by atoms with Crippen LogP contribution in [0.25, 0.3) is 12.2 Å². The Balaban J connectivity index is 0.000000148. The average Bonchev–Trinajstić information content (AvgIpc) is 2.94. The summed E-state index contributed by atoms with van der Waals surface area (Å²) >= 11 is 0. The van der Waals surface area contributed by atoms with Crippen molar-refractivity contribution in [2.45, 2.75) is 25.7 Å². The first kappa shape index (κ1) is 24.2. The molecule has 6 aliphatic heterocycles. The largest absolute Gasteiger partial charge is 0.497 e. The number of piperidine rings is 6. The molecule has 0 atom stereocenters. The number of ether oxygens (including phenoxy) is 2. The van der Waals surface area contributed by atoms with Crippen molar-refractivity contribution in [2.24, 2.45) is 11.8 Å². The summed E-state index contributed by atoms with van der Waals surface area (Å²) in [6, 6.07) is 15.7. The predicted molar refractivity (Wildman–Crippen MR) is 141 cm³/mol. The van der Waals surface area contributed by atoms with Gasteiger partial charge in [-0.2, -0.15) is 0 Å².